The van der Waals surface area contributed by atoms with E-state index in [9.17, 15) is 4.21 Å². The fraction of sp³-hybridized carbons (Fsp3) is 0.500. The molecule has 0 radical (unpaired) electrons. The summed E-state index contributed by atoms with van der Waals surface area (Å²) < 4.78 is 15.6. The normalized spacial score (nSPS) is 15.7. The molecule has 4 nitrogen and oxygen atoms in total. The summed E-state index contributed by atoms with van der Waals surface area (Å²) in [5.74, 6) is 0. The van der Waals surface area contributed by atoms with Crippen LogP contribution in [-0.2, 0) is 15.5 Å². The molecule has 0 aliphatic heterocycles. The van der Waals surface area contributed by atoms with Gasteiger partial charge < -0.3 is 4.90 Å². The maximum atomic E-state index is 11.9. The van der Waals surface area contributed by atoms with Gasteiger partial charge in [0.05, 0.1) is 4.90 Å². The first-order valence-corrected chi connectivity index (χ1v) is 7.00. The van der Waals surface area contributed by atoms with Crippen molar-refractivity contribution in [1.82, 2.24) is 4.90 Å². The summed E-state index contributed by atoms with van der Waals surface area (Å²) in [6.45, 7) is 4.26. The molecule has 0 aliphatic rings. The van der Waals surface area contributed by atoms with E-state index in [1.807, 2.05) is 26.2 Å². The average molecular weight is 255 g/mol. The molecule has 1 unspecified atom stereocenters. The predicted octanol–water partition coefficient (Wildman–Crippen LogP) is 1.81. The molecule has 0 heterocycles. The molecule has 1 atom stereocenters. The van der Waals surface area contributed by atoms with Crippen molar-refractivity contribution < 1.29 is 4.21 Å². The molecule has 0 saturated heterocycles. The summed E-state index contributed by atoms with van der Waals surface area (Å²) in [5, 5.41) is 5.61. The van der Waals surface area contributed by atoms with E-state index < -0.39 is 9.92 Å². The molecule has 0 bridgehead atoms. The van der Waals surface area contributed by atoms with Gasteiger partial charge in [-0.3, -0.25) is 0 Å². The van der Waals surface area contributed by atoms with Gasteiger partial charge in [0, 0.05) is 12.6 Å². The minimum atomic E-state index is -2.72. The van der Waals surface area contributed by atoms with E-state index in [1.165, 1.54) is 7.05 Å². The van der Waals surface area contributed by atoms with Gasteiger partial charge in [-0.25, -0.2) is 13.7 Å². The van der Waals surface area contributed by atoms with Gasteiger partial charge in [0.1, 0.15) is 9.92 Å². The first-order valence-electron chi connectivity index (χ1n) is 5.43. The van der Waals surface area contributed by atoms with Crippen molar-refractivity contribution in [2.45, 2.75) is 24.3 Å². The standard InChI is InChI=1S/C12H21N3OS/c1-12(2,15(4)5)10-6-8-11(9-7-10)17(13,16)14-3/h6-9H,1-5H3,(H2,13,14,16). The van der Waals surface area contributed by atoms with Crippen LogP contribution in [0.5, 0.6) is 0 Å². The van der Waals surface area contributed by atoms with Crippen molar-refractivity contribution in [1.29, 1.82) is 0 Å². The van der Waals surface area contributed by atoms with Crippen LogP contribution in [0.4, 0.5) is 0 Å². The Bertz CT molecular complexity index is 497. The smallest absolute Gasteiger partial charge is 0.134 e. The van der Waals surface area contributed by atoms with Crippen LogP contribution in [-0.4, -0.2) is 30.3 Å². The number of nitrogens with zero attached hydrogens (tertiary/aromatic N) is 2. The summed E-state index contributed by atoms with van der Waals surface area (Å²) in [7, 11) is 2.81. The molecule has 0 saturated carbocycles. The van der Waals surface area contributed by atoms with E-state index in [0.29, 0.717) is 4.90 Å². The largest absolute Gasteiger partial charge is 0.300 e. The first-order chi connectivity index (χ1) is 7.71. The van der Waals surface area contributed by atoms with E-state index in [-0.39, 0.29) is 5.54 Å². The Morgan fingerprint density at radius 2 is 1.71 bits per heavy atom. The summed E-state index contributed by atoms with van der Waals surface area (Å²) in [6, 6.07) is 7.48. The molecule has 0 aromatic heterocycles. The predicted molar refractivity (Wildman–Crippen MR) is 72.1 cm³/mol. The highest BCUT2D eigenvalue weighted by Crippen LogP contribution is 2.26. The van der Waals surface area contributed by atoms with Gasteiger partial charge in [-0.1, -0.05) is 12.1 Å². The number of hydrogen-bond acceptors (Lipinski definition) is 3. The van der Waals surface area contributed by atoms with Crippen LogP contribution in [0.1, 0.15) is 19.4 Å². The van der Waals surface area contributed by atoms with Crippen LogP contribution in [0.25, 0.3) is 0 Å². The number of benzene rings is 1. The lowest BCUT2D eigenvalue weighted by molar-refractivity contribution is 0.197. The lowest BCUT2D eigenvalue weighted by Crippen LogP contribution is -2.35. The minimum Gasteiger partial charge on any atom is -0.300 e. The van der Waals surface area contributed by atoms with Gasteiger partial charge in [0.15, 0.2) is 0 Å². The zero-order chi connectivity index (χ0) is 13.3. The van der Waals surface area contributed by atoms with Crippen LogP contribution in [0, 0.1) is 0 Å². The molecule has 1 aromatic rings. The topological polar surface area (TPSA) is 58.7 Å². The molecule has 0 fully saturated rings. The van der Waals surface area contributed by atoms with Crippen LogP contribution in [0.2, 0.25) is 0 Å². The van der Waals surface area contributed by atoms with E-state index in [2.05, 4.69) is 23.1 Å². The quantitative estimate of drug-likeness (QED) is 0.895. The van der Waals surface area contributed by atoms with Crippen LogP contribution < -0.4 is 5.14 Å². The molecule has 0 spiro atoms. The van der Waals surface area contributed by atoms with E-state index in [1.54, 1.807) is 12.1 Å². The first kappa shape index (κ1) is 14.2. The second-order valence-electron chi connectivity index (χ2n) is 4.73. The maximum absolute atomic E-state index is 11.9. The Balaban J connectivity index is 3.18. The van der Waals surface area contributed by atoms with Gasteiger partial charge in [0.2, 0.25) is 0 Å². The van der Waals surface area contributed by atoms with Crippen molar-refractivity contribution in [3.63, 3.8) is 0 Å². The minimum absolute atomic E-state index is 0.0721. The molecular formula is C12H21N3OS. The van der Waals surface area contributed by atoms with Gasteiger partial charge in [-0.05, 0) is 45.6 Å². The third-order valence-electron chi connectivity index (χ3n) is 3.29. The Morgan fingerprint density at radius 1 is 1.24 bits per heavy atom. The van der Waals surface area contributed by atoms with Crippen molar-refractivity contribution in [3.8, 4) is 0 Å². The van der Waals surface area contributed by atoms with E-state index in [4.69, 9.17) is 5.14 Å². The summed E-state index contributed by atoms with van der Waals surface area (Å²) >= 11 is 0. The lowest BCUT2D eigenvalue weighted by Gasteiger charge is -2.33. The van der Waals surface area contributed by atoms with Gasteiger partial charge in [-0.15, -0.1) is 0 Å². The molecule has 96 valence electrons. The summed E-state index contributed by atoms with van der Waals surface area (Å²) in [4.78, 5) is 2.70. The number of rotatable bonds is 3. The number of hydrogen-bond donors (Lipinski definition) is 1. The van der Waals surface area contributed by atoms with Gasteiger partial charge >= 0.3 is 0 Å². The molecule has 1 aromatic carbocycles. The van der Waals surface area contributed by atoms with Gasteiger partial charge in [-0.2, -0.15) is 0 Å². The summed E-state index contributed by atoms with van der Waals surface area (Å²) in [5.41, 5.74) is 1.08. The SMILES string of the molecule is CN=S(N)(=O)c1ccc(C(C)(C)N(C)C)cc1. The van der Waals surface area contributed by atoms with Crippen LogP contribution in [0.3, 0.4) is 0 Å². The van der Waals surface area contributed by atoms with Gasteiger partial charge in [0.25, 0.3) is 0 Å². The van der Waals surface area contributed by atoms with E-state index >= 15 is 0 Å². The zero-order valence-corrected chi connectivity index (χ0v) is 11.9. The summed E-state index contributed by atoms with van der Waals surface area (Å²) in [6.07, 6.45) is 0. The van der Waals surface area contributed by atoms with Crippen molar-refractivity contribution in [2.75, 3.05) is 21.1 Å². The molecule has 0 aliphatic carbocycles. The number of nitrogens with two attached hydrogens (primary N) is 1. The Hall–Kier alpha value is -0.910. The zero-order valence-electron chi connectivity index (χ0n) is 11.1. The molecular weight excluding hydrogens is 234 g/mol. The molecule has 0 amide bonds. The fourth-order valence-corrected chi connectivity index (χ4v) is 2.16. The molecule has 17 heavy (non-hydrogen) atoms. The Labute approximate surface area is 104 Å². The van der Waals surface area contributed by atoms with Crippen molar-refractivity contribution >= 4 is 9.92 Å². The lowest BCUT2D eigenvalue weighted by atomic mass is 9.93. The molecule has 2 N–H and O–H groups in total. The highest BCUT2D eigenvalue weighted by Gasteiger charge is 2.22. The maximum Gasteiger partial charge on any atom is 0.134 e. The third kappa shape index (κ3) is 2.86. The fourth-order valence-electron chi connectivity index (χ4n) is 1.42. The molecule has 5 heteroatoms. The van der Waals surface area contributed by atoms with E-state index in [0.717, 1.165) is 5.56 Å². The van der Waals surface area contributed by atoms with Crippen molar-refractivity contribution in [3.05, 3.63) is 29.8 Å². The Kier molecular flexibility index (Phi) is 3.96. The van der Waals surface area contributed by atoms with Crippen molar-refractivity contribution in [2.24, 2.45) is 9.50 Å². The van der Waals surface area contributed by atoms with Crippen LogP contribution in [0.15, 0.2) is 33.5 Å². The second-order valence-corrected chi connectivity index (χ2v) is 6.70. The molecule has 1 rings (SSSR count). The second kappa shape index (κ2) is 4.76. The third-order valence-corrected chi connectivity index (χ3v) is 4.78. The highest BCUT2D eigenvalue weighted by molar-refractivity contribution is 7.91. The monoisotopic (exact) mass is 255 g/mol. The van der Waals surface area contributed by atoms with Crippen LogP contribution >= 0.6 is 0 Å². The average Bonchev–Trinajstić information content (AvgIpc) is 2.29. The Morgan fingerprint density at radius 3 is 2.06 bits per heavy atom. The highest BCUT2D eigenvalue weighted by atomic mass is 32.2.